The third-order valence-corrected chi connectivity index (χ3v) is 6.95. The predicted molar refractivity (Wildman–Crippen MR) is 89.6 cm³/mol. The molecular formula is C17H24N2O3S. The fourth-order valence-corrected chi connectivity index (χ4v) is 5.36. The van der Waals surface area contributed by atoms with Crippen molar-refractivity contribution in [3.63, 3.8) is 0 Å². The van der Waals surface area contributed by atoms with E-state index in [1.807, 2.05) is 0 Å². The number of rotatable bonds is 3. The SMILES string of the molecule is CC(=O)Nc1ccc(S(=O)(=O)N2CC[C@H]3CCCC[C@@H]3C2)cc1. The molecule has 0 bridgehead atoms. The van der Waals surface area contributed by atoms with Gasteiger partial charge in [0.25, 0.3) is 0 Å². The molecule has 5 nitrogen and oxygen atoms in total. The van der Waals surface area contributed by atoms with Crippen LogP contribution in [0.5, 0.6) is 0 Å². The van der Waals surface area contributed by atoms with Gasteiger partial charge in [-0.25, -0.2) is 8.42 Å². The molecule has 2 fully saturated rings. The van der Waals surface area contributed by atoms with Gasteiger partial charge >= 0.3 is 0 Å². The Bertz CT molecular complexity index is 670. The Labute approximate surface area is 138 Å². The van der Waals surface area contributed by atoms with Crippen molar-refractivity contribution < 1.29 is 13.2 Å². The smallest absolute Gasteiger partial charge is 0.243 e. The van der Waals surface area contributed by atoms with Crippen LogP contribution in [0.15, 0.2) is 29.2 Å². The lowest BCUT2D eigenvalue weighted by Gasteiger charge is -2.40. The summed E-state index contributed by atoms with van der Waals surface area (Å²) in [5.74, 6) is 1.06. The van der Waals surface area contributed by atoms with E-state index in [0.29, 0.717) is 35.5 Å². The van der Waals surface area contributed by atoms with Crippen LogP contribution in [-0.4, -0.2) is 31.7 Å². The van der Waals surface area contributed by atoms with E-state index in [1.54, 1.807) is 28.6 Å². The Hall–Kier alpha value is -1.40. The molecule has 1 saturated heterocycles. The Morgan fingerprint density at radius 1 is 1.09 bits per heavy atom. The second kappa shape index (κ2) is 6.61. The summed E-state index contributed by atoms with van der Waals surface area (Å²) in [6.45, 7) is 2.70. The van der Waals surface area contributed by atoms with Crippen LogP contribution in [0.3, 0.4) is 0 Å². The van der Waals surface area contributed by atoms with Gasteiger partial charge in [0.2, 0.25) is 15.9 Å². The zero-order valence-electron chi connectivity index (χ0n) is 13.5. The molecule has 1 amide bonds. The normalized spacial score (nSPS) is 25.6. The number of hydrogen-bond donors (Lipinski definition) is 1. The van der Waals surface area contributed by atoms with Gasteiger partial charge in [-0.15, -0.1) is 0 Å². The number of anilines is 1. The molecule has 6 heteroatoms. The van der Waals surface area contributed by atoms with Gasteiger partial charge in [0, 0.05) is 25.7 Å². The topological polar surface area (TPSA) is 66.5 Å². The highest BCUT2D eigenvalue weighted by Crippen LogP contribution is 2.37. The van der Waals surface area contributed by atoms with Gasteiger partial charge < -0.3 is 5.32 Å². The van der Waals surface area contributed by atoms with Crippen LogP contribution in [0.4, 0.5) is 5.69 Å². The average Bonchev–Trinajstić information content (AvgIpc) is 2.54. The number of hydrogen-bond acceptors (Lipinski definition) is 3. The van der Waals surface area contributed by atoms with Crippen molar-refractivity contribution in [2.75, 3.05) is 18.4 Å². The van der Waals surface area contributed by atoms with Crippen LogP contribution in [0.1, 0.15) is 39.0 Å². The summed E-state index contributed by atoms with van der Waals surface area (Å²) in [7, 11) is -3.44. The minimum Gasteiger partial charge on any atom is -0.326 e. The second-order valence-electron chi connectivity index (χ2n) is 6.66. The van der Waals surface area contributed by atoms with Crippen LogP contribution in [0, 0.1) is 11.8 Å². The summed E-state index contributed by atoms with van der Waals surface area (Å²) < 4.78 is 27.3. The summed E-state index contributed by atoms with van der Waals surface area (Å²) in [6, 6.07) is 6.43. The second-order valence-corrected chi connectivity index (χ2v) is 8.60. The number of carbonyl (C=O) groups is 1. The Kier molecular flexibility index (Phi) is 4.73. The molecule has 1 saturated carbocycles. The Morgan fingerprint density at radius 2 is 1.74 bits per heavy atom. The third-order valence-electron chi connectivity index (χ3n) is 5.07. The van der Waals surface area contributed by atoms with Crippen molar-refractivity contribution in [3.05, 3.63) is 24.3 Å². The molecule has 1 heterocycles. The molecule has 126 valence electrons. The van der Waals surface area contributed by atoms with Crippen LogP contribution < -0.4 is 5.32 Å². The number of fused-ring (bicyclic) bond motifs is 1. The third kappa shape index (κ3) is 3.58. The Morgan fingerprint density at radius 3 is 2.39 bits per heavy atom. The Balaban J connectivity index is 1.74. The molecule has 23 heavy (non-hydrogen) atoms. The maximum Gasteiger partial charge on any atom is 0.243 e. The standard InChI is InChI=1S/C17H24N2O3S/c1-13(20)18-16-6-8-17(9-7-16)23(21,22)19-11-10-14-4-2-3-5-15(14)12-19/h6-9,14-15H,2-5,10-12H2,1H3,(H,18,20)/t14-,15-/m1/s1. The molecule has 1 aromatic carbocycles. The quantitative estimate of drug-likeness (QED) is 0.923. The first-order chi connectivity index (χ1) is 11.0. The van der Waals surface area contributed by atoms with E-state index in [0.717, 1.165) is 12.8 Å². The van der Waals surface area contributed by atoms with Gasteiger partial charge in [0.05, 0.1) is 4.90 Å². The zero-order chi connectivity index (χ0) is 16.4. The maximum atomic E-state index is 12.8. The first-order valence-electron chi connectivity index (χ1n) is 8.34. The lowest BCUT2D eigenvalue weighted by Crippen LogP contribution is -2.44. The van der Waals surface area contributed by atoms with E-state index in [2.05, 4.69) is 5.32 Å². The van der Waals surface area contributed by atoms with Crippen molar-refractivity contribution in [3.8, 4) is 0 Å². The van der Waals surface area contributed by atoms with E-state index >= 15 is 0 Å². The van der Waals surface area contributed by atoms with Gasteiger partial charge in [-0.3, -0.25) is 4.79 Å². The van der Waals surface area contributed by atoms with Gasteiger partial charge in [-0.1, -0.05) is 19.3 Å². The van der Waals surface area contributed by atoms with Crippen LogP contribution >= 0.6 is 0 Å². The summed E-state index contributed by atoms with van der Waals surface area (Å²) in [4.78, 5) is 11.3. The van der Waals surface area contributed by atoms with Gasteiger partial charge in [0.15, 0.2) is 0 Å². The van der Waals surface area contributed by atoms with Gasteiger partial charge in [-0.2, -0.15) is 4.31 Å². The summed E-state index contributed by atoms with van der Waals surface area (Å²) in [6.07, 6.45) is 5.90. The summed E-state index contributed by atoms with van der Waals surface area (Å²) in [5.41, 5.74) is 0.613. The number of amides is 1. The van der Waals surface area contributed by atoms with E-state index < -0.39 is 10.0 Å². The molecule has 1 aliphatic carbocycles. The molecule has 0 unspecified atom stereocenters. The number of benzene rings is 1. The highest BCUT2D eigenvalue weighted by Gasteiger charge is 2.36. The molecule has 0 spiro atoms. The van der Waals surface area contributed by atoms with E-state index in [1.165, 1.54) is 26.2 Å². The average molecular weight is 336 g/mol. The molecule has 2 atom stereocenters. The van der Waals surface area contributed by atoms with Crippen molar-refractivity contribution in [2.24, 2.45) is 11.8 Å². The van der Waals surface area contributed by atoms with Crippen molar-refractivity contribution >= 4 is 21.6 Å². The van der Waals surface area contributed by atoms with Crippen LogP contribution in [0.25, 0.3) is 0 Å². The first kappa shape index (κ1) is 16.5. The van der Waals surface area contributed by atoms with Crippen LogP contribution in [-0.2, 0) is 14.8 Å². The molecule has 0 aromatic heterocycles. The number of sulfonamides is 1. The highest BCUT2D eigenvalue weighted by atomic mass is 32.2. The van der Waals surface area contributed by atoms with E-state index in [-0.39, 0.29) is 5.91 Å². The summed E-state index contributed by atoms with van der Waals surface area (Å²) in [5, 5.41) is 2.65. The van der Waals surface area contributed by atoms with Crippen molar-refractivity contribution in [1.82, 2.24) is 4.31 Å². The highest BCUT2D eigenvalue weighted by molar-refractivity contribution is 7.89. The van der Waals surface area contributed by atoms with E-state index in [4.69, 9.17) is 0 Å². The fraction of sp³-hybridized carbons (Fsp3) is 0.588. The van der Waals surface area contributed by atoms with E-state index in [9.17, 15) is 13.2 Å². The predicted octanol–water partition coefficient (Wildman–Crippen LogP) is 2.85. The lowest BCUT2D eigenvalue weighted by atomic mass is 9.76. The molecule has 1 N–H and O–H groups in total. The molecule has 1 aliphatic heterocycles. The van der Waals surface area contributed by atoms with Crippen molar-refractivity contribution in [2.45, 2.75) is 43.9 Å². The zero-order valence-corrected chi connectivity index (χ0v) is 14.3. The molecule has 0 radical (unpaired) electrons. The monoisotopic (exact) mass is 336 g/mol. The molecule has 3 rings (SSSR count). The number of carbonyl (C=O) groups excluding carboxylic acids is 1. The molecular weight excluding hydrogens is 312 g/mol. The maximum absolute atomic E-state index is 12.8. The number of nitrogens with one attached hydrogen (secondary N) is 1. The minimum absolute atomic E-state index is 0.167. The number of piperidine rings is 1. The lowest BCUT2D eigenvalue weighted by molar-refractivity contribution is -0.114. The fourth-order valence-electron chi connectivity index (χ4n) is 3.85. The first-order valence-corrected chi connectivity index (χ1v) is 9.78. The molecule has 1 aromatic rings. The van der Waals surface area contributed by atoms with Crippen LogP contribution in [0.2, 0.25) is 0 Å². The summed E-state index contributed by atoms with van der Waals surface area (Å²) >= 11 is 0. The molecule has 2 aliphatic rings. The van der Waals surface area contributed by atoms with Gasteiger partial charge in [0.1, 0.15) is 0 Å². The largest absolute Gasteiger partial charge is 0.326 e. The number of nitrogens with zero attached hydrogens (tertiary/aromatic N) is 1. The van der Waals surface area contributed by atoms with Gasteiger partial charge in [-0.05, 0) is 48.9 Å². The van der Waals surface area contributed by atoms with Crippen molar-refractivity contribution in [1.29, 1.82) is 0 Å². The minimum atomic E-state index is -3.44.